The number of nitrogens with one attached hydrogen (secondary N) is 1. The van der Waals surface area contributed by atoms with E-state index in [0.29, 0.717) is 37.3 Å². The van der Waals surface area contributed by atoms with Gasteiger partial charge in [0.05, 0.1) is 29.6 Å². The highest BCUT2D eigenvalue weighted by Gasteiger charge is 2.24. The van der Waals surface area contributed by atoms with Crippen molar-refractivity contribution in [2.75, 3.05) is 19.0 Å². The van der Waals surface area contributed by atoms with Crippen LogP contribution in [0.15, 0.2) is 23.2 Å². The number of aryl methyl sites for hydroxylation is 2. The number of anilines is 1. The molecule has 2 aromatic heterocycles. The van der Waals surface area contributed by atoms with Gasteiger partial charge in [0.25, 0.3) is 5.69 Å². The number of nitrogens with zero attached hydrogens (tertiary/aromatic N) is 3. The van der Waals surface area contributed by atoms with E-state index in [9.17, 15) is 19.7 Å². The van der Waals surface area contributed by atoms with E-state index in [1.807, 2.05) is 0 Å². The second kappa shape index (κ2) is 10.1. The number of amides is 1. The number of rotatable bonds is 8. The van der Waals surface area contributed by atoms with Crippen LogP contribution in [-0.4, -0.2) is 45.7 Å². The monoisotopic (exact) mass is 490 g/mol. The Labute approximate surface area is 197 Å². The predicted octanol–water partition coefficient (Wildman–Crippen LogP) is 4.52. The molecule has 0 saturated heterocycles. The standard InChI is InChI=1S/C21H22N4O6S2/c1-6-31-21(27)17-10(2)16-19(22-12(4)23-20(16)33-17)32-11(3)18(26)24-14-9-13(25(28)29)7-8-15(14)30-5/h7-9,11H,6H2,1-5H3,(H,24,26)/t11-/m1/s1. The molecule has 0 aliphatic heterocycles. The molecule has 1 amide bonds. The number of hydrogen-bond donors (Lipinski definition) is 1. The second-order valence-corrected chi connectivity index (χ2v) is 9.25. The van der Waals surface area contributed by atoms with Gasteiger partial charge in [0.15, 0.2) is 0 Å². The molecular formula is C21H22N4O6S2. The molecule has 0 bridgehead atoms. The van der Waals surface area contributed by atoms with Crippen LogP contribution in [0, 0.1) is 24.0 Å². The summed E-state index contributed by atoms with van der Waals surface area (Å²) in [6, 6.07) is 3.97. The van der Waals surface area contributed by atoms with Gasteiger partial charge >= 0.3 is 5.97 Å². The van der Waals surface area contributed by atoms with Gasteiger partial charge in [-0.25, -0.2) is 14.8 Å². The molecule has 0 unspecified atom stereocenters. The van der Waals surface area contributed by atoms with E-state index in [4.69, 9.17) is 9.47 Å². The molecule has 3 rings (SSSR count). The van der Waals surface area contributed by atoms with Gasteiger partial charge in [0, 0.05) is 17.5 Å². The number of carbonyl (C=O) groups is 2. The summed E-state index contributed by atoms with van der Waals surface area (Å²) in [5, 5.41) is 14.4. The van der Waals surface area contributed by atoms with Crippen molar-refractivity contribution in [3.63, 3.8) is 0 Å². The fraction of sp³-hybridized carbons (Fsp3) is 0.333. The van der Waals surface area contributed by atoms with E-state index in [-0.39, 0.29) is 23.9 Å². The van der Waals surface area contributed by atoms with Crippen LogP contribution in [0.25, 0.3) is 10.2 Å². The minimum Gasteiger partial charge on any atom is -0.495 e. The molecule has 1 aromatic carbocycles. The average Bonchev–Trinajstić information content (AvgIpc) is 3.09. The van der Waals surface area contributed by atoms with Gasteiger partial charge in [-0.3, -0.25) is 14.9 Å². The van der Waals surface area contributed by atoms with Crippen molar-refractivity contribution in [2.45, 2.75) is 38.0 Å². The van der Waals surface area contributed by atoms with E-state index in [0.717, 1.165) is 0 Å². The fourth-order valence-electron chi connectivity index (χ4n) is 3.04. The number of ether oxygens (including phenoxy) is 2. The first-order valence-corrected chi connectivity index (χ1v) is 11.6. The molecule has 0 fully saturated rings. The lowest BCUT2D eigenvalue weighted by atomic mass is 10.2. The molecule has 174 valence electrons. The van der Waals surface area contributed by atoms with Crippen LogP contribution in [-0.2, 0) is 9.53 Å². The number of nitro benzene ring substituents is 1. The van der Waals surface area contributed by atoms with Crippen LogP contribution in [0.3, 0.4) is 0 Å². The maximum Gasteiger partial charge on any atom is 0.348 e. The lowest BCUT2D eigenvalue weighted by Crippen LogP contribution is -2.23. The summed E-state index contributed by atoms with van der Waals surface area (Å²) in [6.07, 6.45) is 0. The summed E-state index contributed by atoms with van der Waals surface area (Å²) in [7, 11) is 1.41. The van der Waals surface area contributed by atoms with Crippen molar-refractivity contribution < 1.29 is 24.0 Å². The second-order valence-electron chi connectivity index (χ2n) is 6.92. The van der Waals surface area contributed by atoms with Gasteiger partial charge in [-0.2, -0.15) is 0 Å². The number of thiophene rings is 1. The van der Waals surface area contributed by atoms with E-state index in [1.54, 1.807) is 27.7 Å². The van der Waals surface area contributed by atoms with Gasteiger partial charge in [0.2, 0.25) is 5.91 Å². The number of carbonyl (C=O) groups excluding carboxylic acids is 2. The van der Waals surface area contributed by atoms with Gasteiger partial charge in [-0.1, -0.05) is 11.8 Å². The molecule has 0 aliphatic carbocycles. The SMILES string of the molecule is CCOC(=O)c1sc2nc(C)nc(S[C@H](C)C(=O)Nc3cc([N+](=O)[O-])ccc3OC)c2c1C. The van der Waals surface area contributed by atoms with Crippen molar-refractivity contribution in [3.05, 3.63) is 44.6 Å². The first-order chi connectivity index (χ1) is 15.7. The lowest BCUT2D eigenvalue weighted by Gasteiger charge is -2.14. The topological polar surface area (TPSA) is 134 Å². The predicted molar refractivity (Wildman–Crippen MR) is 126 cm³/mol. The number of thioether (sulfide) groups is 1. The Balaban J connectivity index is 1.90. The number of methoxy groups -OCH3 is 1. The summed E-state index contributed by atoms with van der Waals surface area (Å²) in [5.41, 5.74) is 0.730. The number of hydrogen-bond acceptors (Lipinski definition) is 10. The van der Waals surface area contributed by atoms with E-state index in [2.05, 4.69) is 15.3 Å². The largest absolute Gasteiger partial charge is 0.495 e. The summed E-state index contributed by atoms with van der Waals surface area (Å²) >= 11 is 2.44. The molecule has 2 heterocycles. The van der Waals surface area contributed by atoms with Crippen molar-refractivity contribution >= 4 is 56.6 Å². The van der Waals surface area contributed by atoms with E-state index in [1.165, 1.54) is 48.4 Å². The van der Waals surface area contributed by atoms with Crippen molar-refractivity contribution in [1.29, 1.82) is 0 Å². The Kier molecular flexibility index (Phi) is 7.49. The smallest absolute Gasteiger partial charge is 0.348 e. The number of fused-ring (bicyclic) bond motifs is 1. The average molecular weight is 491 g/mol. The minimum atomic E-state index is -0.614. The van der Waals surface area contributed by atoms with Crippen LogP contribution in [0.5, 0.6) is 5.75 Å². The number of aromatic nitrogens is 2. The third-order valence-corrected chi connectivity index (χ3v) is 6.89. The minimum absolute atomic E-state index is 0.167. The summed E-state index contributed by atoms with van der Waals surface area (Å²) in [4.78, 5) is 45.8. The zero-order valence-corrected chi connectivity index (χ0v) is 20.3. The number of non-ortho nitro benzene ring substituents is 1. The molecule has 1 atom stereocenters. The molecular weight excluding hydrogens is 468 g/mol. The van der Waals surface area contributed by atoms with Crippen molar-refractivity contribution in [3.8, 4) is 5.75 Å². The Morgan fingerprint density at radius 3 is 2.67 bits per heavy atom. The normalized spacial score (nSPS) is 11.8. The third kappa shape index (κ3) is 5.22. The highest BCUT2D eigenvalue weighted by Crippen LogP contribution is 2.38. The van der Waals surface area contributed by atoms with E-state index < -0.39 is 16.1 Å². The van der Waals surface area contributed by atoms with Gasteiger partial charge in [-0.15, -0.1) is 11.3 Å². The van der Waals surface area contributed by atoms with Gasteiger partial charge < -0.3 is 14.8 Å². The van der Waals surface area contributed by atoms with E-state index >= 15 is 0 Å². The van der Waals surface area contributed by atoms with Crippen LogP contribution < -0.4 is 10.1 Å². The summed E-state index contributed by atoms with van der Waals surface area (Å²) < 4.78 is 10.3. The number of benzene rings is 1. The molecule has 33 heavy (non-hydrogen) atoms. The van der Waals surface area contributed by atoms with Crippen LogP contribution in [0.1, 0.15) is 34.9 Å². The molecule has 0 radical (unpaired) electrons. The summed E-state index contributed by atoms with van der Waals surface area (Å²) in [5.74, 6) is 0.00525. The first-order valence-electron chi connectivity index (χ1n) is 9.91. The quantitative estimate of drug-likeness (QED) is 0.159. The summed E-state index contributed by atoms with van der Waals surface area (Å²) in [6.45, 7) is 7.23. The Morgan fingerprint density at radius 1 is 1.30 bits per heavy atom. The van der Waals surface area contributed by atoms with Gasteiger partial charge in [-0.05, 0) is 39.3 Å². The highest BCUT2D eigenvalue weighted by atomic mass is 32.2. The van der Waals surface area contributed by atoms with Crippen molar-refractivity contribution in [1.82, 2.24) is 9.97 Å². The Hall–Kier alpha value is -3.25. The van der Waals surface area contributed by atoms with Crippen molar-refractivity contribution in [2.24, 2.45) is 0 Å². The maximum absolute atomic E-state index is 12.9. The molecule has 10 nitrogen and oxygen atoms in total. The molecule has 0 saturated carbocycles. The highest BCUT2D eigenvalue weighted by molar-refractivity contribution is 8.00. The Morgan fingerprint density at radius 2 is 2.03 bits per heavy atom. The zero-order chi connectivity index (χ0) is 24.3. The van der Waals surface area contributed by atoms with Crippen LogP contribution in [0.2, 0.25) is 0 Å². The number of nitro groups is 1. The van der Waals surface area contributed by atoms with Crippen LogP contribution >= 0.6 is 23.1 Å². The zero-order valence-electron chi connectivity index (χ0n) is 18.6. The molecule has 1 N–H and O–H groups in total. The maximum atomic E-state index is 12.9. The first kappa shape index (κ1) is 24.4. The Bertz CT molecular complexity index is 1240. The molecule has 0 aliphatic rings. The molecule has 3 aromatic rings. The molecule has 12 heteroatoms. The van der Waals surface area contributed by atoms with Crippen LogP contribution in [0.4, 0.5) is 11.4 Å². The number of esters is 1. The molecule has 0 spiro atoms. The lowest BCUT2D eigenvalue weighted by molar-refractivity contribution is -0.384. The fourth-order valence-corrected chi connectivity index (χ4v) is 5.28. The van der Waals surface area contributed by atoms with Gasteiger partial charge in [0.1, 0.15) is 26.3 Å². The third-order valence-electron chi connectivity index (χ3n) is 4.64.